The number of benzene rings is 2. The van der Waals surface area contributed by atoms with Crippen molar-refractivity contribution < 1.29 is 18.0 Å². The van der Waals surface area contributed by atoms with Crippen LogP contribution in [0.4, 0.5) is 5.69 Å². The van der Waals surface area contributed by atoms with Crippen molar-refractivity contribution >= 4 is 27.5 Å². The van der Waals surface area contributed by atoms with E-state index in [0.29, 0.717) is 25.1 Å². The molecule has 0 spiro atoms. The Labute approximate surface area is 216 Å². The van der Waals surface area contributed by atoms with Gasteiger partial charge in [-0.15, -0.1) is 0 Å². The molecule has 0 aliphatic rings. The van der Waals surface area contributed by atoms with Crippen molar-refractivity contribution in [3.63, 3.8) is 0 Å². The molecule has 2 rings (SSSR count). The van der Waals surface area contributed by atoms with E-state index in [9.17, 15) is 18.0 Å². The van der Waals surface area contributed by atoms with Crippen molar-refractivity contribution in [1.29, 1.82) is 0 Å². The van der Waals surface area contributed by atoms with Crippen LogP contribution in [0.15, 0.2) is 48.5 Å². The fourth-order valence-corrected chi connectivity index (χ4v) is 5.05. The van der Waals surface area contributed by atoms with E-state index in [0.717, 1.165) is 23.1 Å². The monoisotopic (exact) mass is 515 g/mol. The Morgan fingerprint density at radius 2 is 1.64 bits per heavy atom. The highest BCUT2D eigenvalue weighted by Gasteiger charge is 2.29. The Morgan fingerprint density at radius 1 is 0.972 bits per heavy atom. The summed E-state index contributed by atoms with van der Waals surface area (Å²) in [5.41, 5.74) is 3.65. The summed E-state index contributed by atoms with van der Waals surface area (Å²) >= 11 is 0. The van der Waals surface area contributed by atoms with Gasteiger partial charge in [0.05, 0.1) is 11.9 Å². The number of nitrogens with one attached hydrogen (secondary N) is 1. The molecular formula is C28H41N3O4S. The molecule has 2 amide bonds. The van der Waals surface area contributed by atoms with Gasteiger partial charge in [-0.1, -0.05) is 61.4 Å². The van der Waals surface area contributed by atoms with Crippen LogP contribution in [0.2, 0.25) is 0 Å². The average molecular weight is 516 g/mol. The number of sulfonamides is 1. The molecule has 36 heavy (non-hydrogen) atoms. The van der Waals surface area contributed by atoms with E-state index in [1.54, 1.807) is 17.0 Å². The lowest BCUT2D eigenvalue weighted by Crippen LogP contribution is -2.50. The summed E-state index contributed by atoms with van der Waals surface area (Å²) in [5, 5.41) is 3.01. The Bertz CT molecular complexity index is 1120. The maximum Gasteiger partial charge on any atom is 0.243 e. The topological polar surface area (TPSA) is 86.8 Å². The second-order valence-electron chi connectivity index (χ2n) is 9.53. The zero-order chi connectivity index (χ0) is 26.9. The third kappa shape index (κ3) is 8.66. The van der Waals surface area contributed by atoms with Gasteiger partial charge in [-0.25, -0.2) is 8.42 Å². The van der Waals surface area contributed by atoms with Crippen molar-refractivity contribution in [3.05, 3.63) is 65.2 Å². The van der Waals surface area contributed by atoms with Crippen LogP contribution in [0.3, 0.4) is 0 Å². The fourth-order valence-electron chi connectivity index (χ4n) is 4.08. The Morgan fingerprint density at radius 3 is 2.19 bits per heavy atom. The summed E-state index contributed by atoms with van der Waals surface area (Å²) in [5.74, 6) is -0.328. The summed E-state index contributed by atoms with van der Waals surface area (Å²) in [6, 6.07) is 14.6. The van der Waals surface area contributed by atoms with Crippen molar-refractivity contribution in [2.45, 2.75) is 78.9 Å². The highest BCUT2D eigenvalue weighted by molar-refractivity contribution is 7.92. The van der Waals surface area contributed by atoms with E-state index in [1.165, 1.54) is 10.6 Å². The number of hydrogen-bond acceptors (Lipinski definition) is 4. The van der Waals surface area contributed by atoms with Gasteiger partial charge in [-0.2, -0.15) is 0 Å². The van der Waals surface area contributed by atoms with Crippen LogP contribution in [0.1, 0.15) is 63.1 Å². The molecule has 0 aliphatic heterocycles. The number of anilines is 1. The van der Waals surface area contributed by atoms with Crippen LogP contribution in [-0.2, 0) is 26.2 Å². The Balaban J connectivity index is 2.22. The van der Waals surface area contributed by atoms with Gasteiger partial charge in [0.1, 0.15) is 6.04 Å². The number of nitrogens with zero attached hydrogens (tertiary/aromatic N) is 2. The quantitative estimate of drug-likeness (QED) is 0.423. The molecule has 0 aromatic heterocycles. The molecule has 0 fully saturated rings. The Kier molecular flexibility index (Phi) is 11.0. The molecule has 0 unspecified atom stereocenters. The standard InChI is InChI=1S/C28H41N3O4S/c1-7-23(5)29-28(33)26(8-2)30(20-24-12-9-11-22(4)19-24)27(32)13-10-18-31(36(6,34)35)25-16-14-21(3)15-17-25/h9,11-12,14-17,19,23,26H,7-8,10,13,18,20H2,1-6H3,(H,29,33)/t23-,26-/m0/s1. The first kappa shape index (κ1) is 29.4. The van der Waals surface area contributed by atoms with Crippen LogP contribution < -0.4 is 9.62 Å². The molecule has 0 radical (unpaired) electrons. The van der Waals surface area contributed by atoms with Crippen LogP contribution in [0.5, 0.6) is 0 Å². The van der Waals surface area contributed by atoms with E-state index in [4.69, 9.17) is 0 Å². The number of carbonyl (C=O) groups is 2. The number of hydrogen-bond donors (Lipinski definition) is 1. The van der Waals surface area contributed by atoms with Crippen LogP contribution >= 0.6 is 0 Å². The first-order chi connectivity index (χ1) is 17.0. The minimum Gasteiger partial charge on any atom is -0.352 e. The van der Waals surface area contributed by atoms with Crippen LogP contribution in [0, 0.1) is 13.8 Å². The molecule has 0 aliphatic carbocycles. The molecule has 2 atom stereocenters. The SMILES string of the molecule is CC[C@H](C)NC(=O)[C@H](CC)N(Cc1cccc(C)c1)C(=O)CCCN(c1ccc(C)cc1)S(C)(=O)=O. The number of aryl methyl sites for hydroxylation is 2. The second-order valence-corrected chi connectivity index (χ2v) is 11.4. The average Bonchev–Trinajstić information content (AvgIpc) is 2.81. The van der Waals surface area contributed by atoms with Crippen molar-refractivity contribution in [2.75, 3.05) is 17.1 Å². The summed E-state index contributed by atoms with van der Waals surface area (Å²) in [6.45, 7) is 10.3. The molecule has 198 valence electrons. The predicted octanol–water partition coefficient (Wildman–Crippen LogP) is 4.57. The summed E-state index contributed by atoms with van der Waals surface area (Å²) in [6.07, 6.45) is 2.93. The lowest BCUT2D eigenvalue weighted by molar-refractivity contribution is -0.141. The van der Waals surface area contributed by atoms with E-state index >= 15 is 0 Å². The normalized spacial score (nSPS) is 13.1. The van der Waals surface area contributed by atoms with Gasteiger partial charge in [0.25, 0.3) is 0 Å². The first-order valence-corrected chi connectivity index (χ1v) is 14.5. The van der Waals surface area contributed by atoms with Gasteiger partial charge in [-0.05, 0) is 57.7 Å². The zero-order valence-corrected chi connectivity index (χ0v) is 23.3. The minimum atomic E-state index is -3.51. The molecular weight excluding hydrogens is 474 g/mol. The van der Waals surface area contributed by atoms with E-state index < -0.39 is 16.1 Å². The lowest BCUT2D eigenvalue weighted by Gasteiger charge is -2.32. The van der Waals surface area contributed by atoms with Gasteiger partial charge in [-0.3, -0.25) is 13.9 Å². The lowest BCUT2D eigenvalue weighted by atomic mass is 10.1. The smallest absolute Gasteiger partial charge is 0.243 e. The number of carbonyl (C=O) groups excluding carboxylic acids is 2. The first-order valence-electron chi connectivity index (χ1n) is 12.7. The molecule has 0 saturated heterocycles. The van der Waals surface area contributed by atoms with E-state index in [-0.39, 0.29) is 30.8 Å². The van der Waals surface area contributed by atoms with Gasteiger partial charge in [0.2, 0.25) is 21.8 Å². The number of rotatable bonds is 13. The third-order valence-electron chi connectivity index (χ3n) is 6.30. The molecule has 7 nitrogen and oxygen atoms in total. The van der Waals surface area contributed by atoms with E-state index in [2.05, 4.69) is 5.32 Å². The molecule has 2 aromatic carbocycles. The maximum absolute atomic E-state index is 13.5. The minimum absolute atomic E-state index is 0.0142. The molecule has 1 N–H and O–H groups in total. The summed E-state index contributed by atoms with van der Waals surface area (Å²) < 4.78 is 26.2. The largest absolute Gasteiger partial charge is 0.352 e. The molecule has 0 saturated carbocycles. The summed E-state index contributed by atoms with van der Waals surface area (Å²) in [7, 11) is -3.51. The summed E-state index contributed by atoms with van der Waals surface area (Å²) in [4.78, 5) is 28.2. The van der Waals surface area contributed by atoms with Crippen molar-refractivity contribution in [3.8, 4) is 0 Å². The second kappa shape index (κ2) is 13.4. The van der Waals surface area contributed by atoms with Gasteiger partial charge < -0.3 is 10.2 Å². The van der Waals surface area contributed by atoms with Crippen LogP contribution in [-0.4, -0.2) is 50.0 Å². The molecule has 0 heterocycles. The van der Waals surface area contributed by atoms with Gasteiger partial charge in [0.15, 0.2) is 0 Å². The van der Waals surface area contributed by atoms with Crippen molar-refractivity contribution in [2.24, 2.45) is 0 Å². The van der Waals surface area contributed by atoms with Crippen molar-refractivity contribution in [1.82, 2.24) is 10.2 Å². The molecule has 8 heteroatoms. The zero-order valence-electron chi connectivity index (χ0n) is 22.5. The highest BCUT2D eigenvalue weighted by atomic mass is 32.2. The Hall–Kier alpha value is -2.87. The number of amides is 2. The third-order valence-corrected chi connectivity index (χ3v) is 7.49. The van der Waals surface area contributed by atoms with E-state index in [1.807, 2.05) is 71.0 Å². The molecule has 2 aromatic rings. The maximum atomic E-state index is 13.5. The highest BCUT2D eigenvalue weighted by Crippen LogP contribution is 2.20. The van der Waals surface area contributed by atoms with Crippen LogP contribution in [0.25, 0.3) is 0 Å². The van der Waals surface area contributed by atoms with Gasteiger partial charge in [0, 0.05) is 25.6 Å². The molecule has 0 bridgehead atoms. The predicted molar refractivity (Wildman–Crippen MR) is 146 cm³/mol. The van der Waals surface area contributed by atoms with Gasteiger partial charge >= 0.3 is 0 Å². The fraction of sp³-hybridized carbons (Fsp3) is 0.500.